The molecule has 0 aromatic heterocycles. The molecule has 1 heterocycles. The van der Waals surface area contributed by atoms with Crippen molar-refractivity contribution in [3.8, 4) is 0 Å². The number of carbonyl (C=O) groups excluding carboxylic acids is 1. The van der Waals surface area contributed by atoms with Crippen LogP contribution in [0, 0.1) is 0 Å². The fourth-order valence-electron chi connectivity index (χ4n) is 3.64. The highest BCUT2D eigenvalue weighted by molar-refractivity contribution is 9.10. The molecule has 0 saturated carbocycles. The minimum Gasteiger partial charge on any atom is -0.321 e. The van der Waals surface area contributed by atoms with Crippen LogP contribution in [0.15, 0.2) is 71.2 Å². The van der Waals surface area contributed by atoms with E-state index in [2.05, 4.69) is 15.9 Å². The second kappa shape index (κ2) is 7.31. The van der Waals surface area contributed by atoms with Crippen molar-refractivity contribution < 1.29 is 4.79 Å². The van der Waals surface area contributed by atoms with Gasteiger partial charge in [0.25, 0.3) is 5.91 Å². The van der Waals surface area contributed by atoms with Crippen LogP contribution in [0.3, 0.4) is 0 Å². The van der Waals surface area contributed by atoms with Gasteiger partial charge in [-0.05, 0) is 60.0 Å². The summed E-state index contributed by atoms with van der Waals surface area (Å²) in [5.41, 5.74) is 3.81. The van der Waals surface area contributed by atoms with Crippen LogP contribution in [0.1, 0.15) is 46.1 Å². The molecule has 2 unspecified atom stereocenters. The number of fused-ring (bicyclic) bond motifs is 1. The van der Waals surface area contributed by atoms with E-state index in [1.54, 1.807) is 0 Å². The van der Waals surface area contributed by atoms with E-state index < -0.39 is 0 Å². The van der Waals surface area contributed by atoms with Crippen LogP contribution in [0.4, 0.5) is 0 Å². The van der Waals surface area contributed by atoms with Gasteiger partial charge in [0.15, 0.2) is 0 Å². The van der Waals surface area contributed by atoms with Gasteiger partial charge >= 0.3 is 0 Å². The smallest absolute Gasteiger partial charge is 0.255 e. The van der Waals surface area contributed by atoms with E-state index in [0.717, 1.165) is 26.7 Å². The SMILES string of the molecule is CC(c1ccc(Cl)cc1)N1C(=O)c2cc(Br)ccc2C1c1ccc(Cl)cc1. The summed E-state index contributed by atoms with van der Waals surface area (Å²) in [4.78, 5) is 15.3. The second-order valence-electron chi connectivity index (χ2n) is 6.63. The van der Waals surface area contributed by atoms with Gasteiger partial charge in [-0.1, -0.05) is 69.5 Å². The molecule has 0 bridgehead atoms. The molecule has 1 aliphatic heterocycles. The third kappa shape index (κ3) is 3.40. The maximum Gasteiger partial charge on any atom is 0.255 e. The Balaban J connectivity index is 1.84. The summed E-state index contributed by atoms with van der Waals surface area (Å²) < 4.78 is 0.894. The second-order valence-corrected chi connectivity index (χ2v) is 8.41. The maximum absolute atomic E-state index is 13.3. The van der Waals surface area contributed by atoms with Crippen LogP contribution in [-0.4, -0.2) is 10.8 Å². The van der Waals surface area contributed by atoms with Gasteiger partial charge < -0.3 is 4.90 Å². The van der Waals surface area contributed by atoms with Crippen molar-refractivity contribution >= 4 is 45.0 Å². The molecule has 2 atom stereocenters. The molecule has 5 heteroatoms. The van der Waals surface area contributed by atoms with Crippen LogP contribution < -0.4 is 0 Å². The van der Waals surface area contributed by atoms with E-state index >= 15 is 0 Å². The number of hydrogen-bond acceptors (Lipinski definition) is 1. The molecule has 2 nitrogen and oxygen atoms in total. The third-order valence-corrected chi connectivity index (χ3v) is 6.01. The van der Waals surface area contributed by atoms with Gasteiger partial charge in [-0.25, -0.2) is 0 Å². The Morgan fingerprint density at radius 2 is 1.52 bits per heavy atom. The Hall–Kier alpha value is -1.81. The fourth-order valence-corrected chi connectivity index (χ4v) is 4.26. The summed E-state index contributed by atoms with van der Waals surface area (Å²) >= 11 is 15.6. The lowest BCUT2D eigenvalue weighted by Crippen LogP contribution is -2.31. The molecule has 3 aromatic rings. The number of nitrogens with zero attached hydrogens (tertiary/aromatic N) is 1. The molecule has 0 spiro atoms. The molecule has 0 fully saturated rings. The number of rotatable bonds is 3. The zero-order chi connectivity index (χ0) is 19.1. The van der Waals surface area contributed by atoms with Gasteiger partial charge in [-0.2, -0.15) is 0 Å². The lowest BCUT2D eigenvalue weighted by atomic mass is 9.96. The molecule has 0 saturated heterocycles. The van der Waals surface area contributed by atoms with Crippen LogP contribution >= 0.6 is 39.1 Å². The molecule has 0 N–H and O–H groups in total. The lowest BCUT2D eigenvalue weighted by Gasteiger charge is -2.32. The molecule has 0 aliphatic carbocycles. The summed E-state index contributed by atoms with van der Waals surface area (Å²) in [6, 6.07) is 21.0. The summed E-state index contributed by atoms with van der Waals surface area (Å²) in [7, 11) is 0. The van der Waals surface area contributed by atoms with E-state index in [9.17, 15) is 4.79 Å². The van der Waals surface area contributed by atoms with Crippen molar-refractivity contribution in [2.75, 3.05) is 0 Å². The van der Waals surface area contributed by atoms with E-state index in [0.29, 0.717) is 10.0 Å². The van der Waals surface area contributed by atoms with Crippen LogP contribution in [-0.2, 0) is 0 Å². The Labute approximate surface area is 176 Å². The summed E-state index contributed by atoms with van der Waals surface area (Å²) in [6.07, 6.45) is 0. The molecular weight excluding hydrogens is 445 g/mol. The van der Waals surface area contributed by atoms with Crippen molar-refractivity contribution in [3.05, 3.63) is 104 Å². The zero-order valence-electron chi connectivity index (χ0n) is 14.5. The maximum atomic E-state index is 13.3. The minimum atomic E-state index is -0.163. The standard InChI is InChI=1S/C22H16BrCl2NO/c1-13(14-2-7-17(24)8-3-14)26-21(15-4-9-18(25)10-5-15)19-11-6-16(23)12-20(19)22(26)27/h2-13,21H,1H3. The van der Waals surface area contributed by atoms with Crippen LogP contribution in [0.5, 0.6) is 0 Å². The van der Waals surface area contributed by atoms with Gasteiger partial charge in [-0.3, -0.25) is 4.79 Å². The lowest BCUT2D eigenvalue weighted by molar-refractivity contribution is 0.0676. The molecule has 1 aliphatic rings. The minimum absolute atomic E-state index is 0.0219. The molecule has 4 rings (SSSR count). The normalized spacial score (nSPS) is 17.1. The van der Waals surface area contributed by atoms with Crippen LogP contribution in [0.25, 0.3) is 0 Å². The fraction of sp³-hybridized carbons (Fsp3) is 0.136. The zero-order valence-corrected chi connectivity index (χ0v) is 17.6. The molecule has 0 radical (unpaired) electrons. The predicted octanol–water partition coefficient (Wildman–Crippen LogP) is 7.06. The van der Waals surface area contributed by atoms with Gasteiger partial charge in [0, 0.05) is 20.1 Å². The molecule has 1 amide bonds. The van der Waals surface area contributed by atoms with E-state index in [1.165, 1.54) is 0 Å². The first-order chi connectivity index (χ1) is 13.0. The predicted molar refractivity (Wildman–Crippen MR) is 113 cm³/mol. The first-order valence-corrected chi connectivity index (χ1v) is 10.1. The Morgan fingerprint density at radius 3 is 2.15 bits per heavy atom. The largest absolute Gasteiger partial charge is 0.321 e. The topological polar surface area (TPSA) is 20.3 Å². The van der Waals surface area contributed by atoms with Gasteiger partial charge in [-0.15, -0.1) is 0 Å². The van der Waals surface area contributed by atoms with Crippen LogP contribution in [0.2, 0.25) is 10.0 Å². The number of halogens is 3. The Bertz CT molecular complexity index is 1000. The Kier molecular flexibility index (Phi) is 5.02. The van der Waals surface area contributed by atoms with Crippen molar-refractivity contribution in [3.63, 3.8) is 0 Å². The van der Waals surface area contributed by atoms with Crippen molar-refractivity contribution in [2.45, 2.75) is 19.0 Å². The monoisotopic (exact) mass is 459 g/mol. The molecule has 3 aromatic carbocycles. The summed E-state index contributed by atoms with van der Waals surface area (Å²) in [5.74, 6) is 0.0219. The summed E-state index contributed by atoms with van der Waals surface area (Å²) in [5, 5.41) is 1.36. The average Bonchev–Trinajstić information content (AvgIpc) is 2.94. The highest BCUT2D eigenvalue weighted by atomic mass is 79.9. The van der Waals surface area contributed by atoms with Crippen molar-refractivity contribution in [1.82, 2.24) is 4.90 Å². The van der Waals surface area contributed by atoms with E-state index in [4.69, 9.17) is 23.2 Å². The number of carbonyl (C=O) groups is 1. The van der Waals surface area contributed by atoms with Gasteiger partial charge in [0.2, 0.25) is 0 Å². The summed E-state index contributed by atoms with van der Waals surface area (Å²) in [6.45, 7) is 2.05. The van der Waals surface area contributed by atoms with Crippen molar-refractivity contribution in [1.29, 1.82) is 0 Å². The first kappa shape index (κ1) is 18.5. The highest BCUT2D eigenvalue weighted by Gasteiger charge is 2.40. The number of hydrogen-bond donors (Lipinski definition) is 0. The van der Waals surface area contributed by atoms with Gasteiger partial charge in [0.05, 0.1) is 12.1 Å². The average molecular weight is 461 g/mol. The third-order valence-electron chi connectivity index (χ3n) is 5.01. The number of benzene rings is 3. The van der Waals surface area contributed by atoms with E-state index in [-0.39, 0.29) is 18.0 Å². The molecule has 27 heavy (non-hydrogen) atoms. The molecule has 136 valence electrons. The Morgan fingerprint density at radius 1 is 0.926 bits per heavy atom. The van der Waals surface area contributed by atoms with Gasteiger partial charge in [0.1, 0.15) is 0 Å². The molecular formula is C22H16BrCl2NO. The highest BCUT2D eigenvalue weighted by Crippen LogP contribution is 2.44. The quantitative estimate of drug-likeness (QED) is 0.409. The first-order valence-electron chi connectivity index (χ1n) is 8.59. The van der Waals surface area contributed by atoms with E-state index in [1.807, 2.05) is 78.6 Å². The van der Waals surface area contributed by atoms with Crippen molar-refractivity contribution in [2.24, 2.45) is 0 Å². The number of amides is 1.